The largest absolute Gasteiger partial charge is 0.490 e. The predicted molar refractivity (Wildman–Crippen MR) is 154 cm³/mol. The summed E-state index contributed by atoms with van der Waals surface area (Å²) in [5.74, 6) is 0.893. The van der Waals surface area contributed by atoms with E-state index in [9.17, 15) is 4.79 Å². The Morgan fingerprint density at radius 3 is 2.49 bits per heavy atom. The molecule has 0 saturated heterocycles. The normalized spacial score (nSPS) is 17.4. The van der Waals surface area contributed by atoms with Gasteiger partial charge in [0.2, 0.25) is 5.91 Å². The number of carbonyl (C=O) groups is 1. The lowest BCUT2D eigenvalue weighted by Gasteiger charge is -2.29. The molecule has 0 bridgehead atoms. The minimum Gasteiger partial charge on any atom is -0.490 e. The van der Waals surface area contributed by atoms with Crippen LogP contribution in [-0.2, 0) is 29.0 Å². The molecule has 1 fully saturated rings. The molecule has 0 unspecified atom stereocenters. The van der Waals surface area contributed by atoms with Crippen molar-refractivity contribution in [3.05, 3.63) is 86.8 Å². The molecule has 37 heavy (non-hydrogen) atoms. The van der Waals surface area contributed by atoms with Gasteiger partial charge in [0.15, 0.2) is 0 Å². The quantitative estimate of drug-likeness (QED) is 0.263. The summed E-state index contributed by atoms with van der Waals surface area (Å²) in [6.07, 6.45) is 6.09. The standard InChI is InChI=1S/C31H35BrClNO3/c1-3-22-5-4-6-24(17-22)30-19-29(10-8-23(30)15-16-34-21(2)35)37-28-13-11-27(12-14-28)36-20-25-7-9-26(33)18-31(25)32/h4-10,17-19,27-28H,3,11-16,20H2,1-2H3,(H,34,35). The summed E-state index contributed by atoms with van der Waals surface area (Å²) in [6, 6.07) is 20.9. The Hall–Kier alpha value is -2.34. The maximum atomic E-state index is 11.4. The number of hydrogen-bond acceptors (Lipinski definition) is 3. The fourth-order valence-corrected chi connectivity index (χ4v) is 5.60. The average molecular weight is 585 g/mol. The van der Waals surface area contributed by atoms with Gasteiger partial charge < -0.3 is 14.8 Å². The summed E-state index contributed by atoms with van der Waals surface area (Å²) in [5, 5.41) is 3.63. The molecule has 1 amide bonds. The first-order valence-corrected chi connectivity index (χ1v) is 14.3. The third kappa shape index (κ3) is 8.07. The SMILES string of the molecule is CCc1cccc(-c2cc(OC3CCC(OCc4ccc(Cl)cc4Br)CC3)ccc2CCNC(C)=O)c1. The van der Waals surface area contributed by atoms with E-state index >= 15 is 0 Å². The van der Waals surface area contributed by atoms with Crippen molar-refractivity contribution in [2.75, 3.05) is 6.54 Å². The summed E-state index contributed by atoms with van der Waals surface area (Å²) < 4.78 is 13.7. The van der Waals surface area contributed by atoms with Gasteiger partial charge in [-0.25, -0.2) is 0 Å². The number of carbonyl (C=O) groups excluding carboxylic acids is 1. The molecule has 0 radical (unpaired) electrons. The third-order valence-corrected chi connectivity index (χ3v) is 7.88. The van der Waals surface area contributed by atoms with Crippen LogP contribution in [0.2, 0.25) is 5.02 Å². The fraction of sp³-hybridized carbons (Fsp3) is 0.387. The van der Waals surface area contributed by atoms with Crippen LogP contribution in [0.5, 0.6) is 5.75 Å². The van der Waals surface area contributed by atoms with Crippen LogP contribution < -0.4 is 10.1 Å². The second-order valence-corrected chi connectivity index (χ2v) is 11.0. The van der Waals surface area contributed by atoms with Crippen molar-refractivity contribution < 1.29 is 14.3 Å². The molecule has 0 aliphatic heterocycles. The predicted octanol–water partition coefficient (Wildman–Crippen LogP) is 7.92. The lowest BCUT2D eigenvalue weighted by molar-refractivity contribution is -0.118. The van der Waals surface area contributed by atoms with Crippen LogP contribution in [0.25, 0.3) is 11.1 Å². The van der Waals surface area contributed by atoms with Gasteiger partial charge in [-0.15, -0.1) is 0 Å². The minimum absolute atomic E-state index is 0.00475. The van der Waals surface area contributed by atoms with Crippen LogP contribution in [0.1, 0.15) is 56.2 Å². The molecule has 0 atom stereocenters. The van der Waals surface area contributed by atoms with Gasteiger partial charge in [0.1, 0.15) is 5.75 Å². The average Bonchev–Trinajstić information content (AvgIpc) is 2.89. The van der Waals surface area contributed by atoms with Gasteiger partial charge in [-0.2, -0.15) is 0 Å². The second-order valence-electron chi connectivity index (χ2n) is 9.67. The highest BCUT2D eigenvalue weighted by molar-refractivity contribution is 9.10. The summed E-state index contributed by atoms with van der Waals surface area (Å²) in [5.41, 5.74) is 5.98. The highest BCUT2D eigenvalue weighted by Crippen LogP contribution is 2.32. The number of nitrogens with one attached hydrogen (secondary N) is 1. The number of aryl methyl sites for hydroxylation is 1. The highest BCUT2D eigenvalue weighted by Gasteiger charge is 2.23. The molecular weight excluding hydrogens is 550 g/mol. The Morgan fingerprint density at radius 1 is 1.00 bits per heavy atom. The van der Waals surface area contributed by atoms with E-state index in [-0.39, 0.29) is 18.1 Å². The van der Waals surface area contributed by atoms with Gasteiger partial charge >= 0.3 is 0 Å². The molecule has 0 heterocycles. The van der Waals surface area contributed by atoms with Crippen molar-refractivity contribution >= 4 is 33.4 Å². The minimum atomic E-state index is -0.00475. The van der Waals surface area contributed by atoms with E-state index in [1.54, 1.807) is 6.92 Å². The molecule has 0 spiro atoms. The van der Waals surface area contributed by atoms with E-state index in [2.05, 4.69) is 70.6 Å². The van der Waals surface area contributed by atoms with Gasteiger partial charge in [0.25, 0.3) is 0 Å². The third-order valence-electron chi connectivity index (χ3n) is 6.91. The number of halogens is 2. The zero-order valence-electron chi connectivity index (χ0n) is 21.6. The van der Waals surface area contributed by atoms with Crippen molar-refractivity contribution in [1.82, 2.24) is 5.32 Å². The number of rotatable bonds is 10. The van der Waals surface area contributed by atoms with E-state index in [0.29, 0.717) is 13.2 Å². The number of hydrogen-bond donors (Lipinski definition) is 1. The maximum absolute atomic E-state index is 11.4. The van der Waals surface area contributed by atoms with Crippen molar-refractivity contribution in [3.8, 4) is 16.9 Å². The number of ether oxygens (including phenoxy) is 2. The monoisotopic (exact) mass is 583 g/mol. The van der Waals surface area contributed by atoms with E-state index in [4.69, 9.17) is 21.1 Å². The van der Waals surface area contributed by atoms with Crippen LogP contribution in [0.15, 0.2) is 65.1 Å². The zero-order valence-corrected chi connectivity index (χ0v) is 23.9. The lowest BCUT2D eigenvalue weighted by Crippen LogP contribution is -2.28. The van der Waals surface area contributed by atoms with Crippen LogP contribution in [-0.4, -0.2) is 24.7 Å². The smallest absolute Gasteiger partial charge is 0.216 e. The first-order valence-electron chi connectivity index (χ1n) is 13.1. The molecule has 4 rings (SSSR count). The van der Waals surface area contributed by atoms with Crippen molar-refractivity contribution in [2.24, 2.45) is 0 Å². The Kier molecular flexibility index (Phi) is 10.1. The Balaban J connectivity index is 1.38. The second kappa shape index (κ2) is 13.5. The molecule has 6 heteroatoms. The summed E-state index contributed by atoms with van der Waals surface area (Å²) >= 11 is 9.62. The van der Waals surface area contributed by atoms with E-state index in [0.717, 1.165) is 59.3 Å². The van der Waals surface area contributed by atoms with Gasteiger partial charge in [0.05, 0.1) is 18.8 Å². The van der Waals surface area contributed by atoms with Crippen LogP contribution in [0.3, 0.4) is 0 Å². The number of amides is 1. The van der Waals surface area contributed by atoms with Crippen LogP contribution in [0.4, 0.5) is 0 Å². The summed E-state index contributed by atoms with van der Waals surface area (Å²) in [7, 11) is 0. The van der Waals surface area contributed by atoms with Gasteiger partial charge in [-0.1, -0.05) is 70.9 Å². The Labute approximate surface area is 233 Å². The van der Waals surface area contributed by atoms with Gasteiger partial charge in [-0.3, -0.25) is 4.79 Å². The van der Waals surface area contributed by atoms with Crippen molar-refractivity contribution in [1.29, 1.82) is 0 Å². The van der Waals surface area contributed by atoms with Crippen molar-refractivity contribution in [2.45, 2.75) is 71.2 Å². The molecule has 1 aliphatic carbocycles. The molecular formula is C31H35BrClNO3. The van der Waals surface area contributed by atoms with Crippen LogP contribution >= 0.6 is 27.5 Å². The molecule has 1 aliphatic rings. The highest BCUT2D eigenvalue weighted by atomic mass is 79.9. The topological polar surface area (TPSA) is 47.6 Å². The maximum Gasteiger partial charge on any atom is 0.216 e. The van der Waals surface area contributed by atoms with Gasteiger partial charge in [-0.05, 0) is 90.6 Å². The lowest BCUT2D eigenvalue weighted by atomic mass is 9.94. The molecule has 3 aromatic carbocycles. The molecule has 0 aromatic heterocycles. The van der Waals surface area contributed by atoms with E-state index in [1.165, 1.54) is 22.3 Å². The Bertz CT molecular complexity index is 1210. The summed E-state index contributed by atoms with van der Waals surface area (Å²) in [6.45, 7) is 4.92. The van der Waals surface area contributed by atoms with Crippen molar-refractivity contribution in [3.63, 3.8) is 0 Å². The summed E-state index contributed by atoms with van der Waals surface area (Å²) in [4.78, 5) is 11.4. The van der Waals surface area contributed by atoms with Crippen LogP contribution in [0, 0.1) is 0 Å². The molecule has 3 aromatic rings. The molecule has 196 valence electrons. The zero-order chi connectivity index (χ0) is 26.2. The Morgan fingerprint density at radius 2 is 1.76 bits per heavy atom. The molecule has 1 N–H and O–H groups in total. The van der Waals surface area contributed by atoms with E-state index in [1.807, 2.05) is 18.2 Å². The molecule has 4 nitrogen and oxygen atoms in total. The van der Waals surface area contributed by atoms with E-state index < -0.39 is 0 Å². The molecule has 1 saturated carbocycles. The first kappa shape index (κ1) is 27.7. The first-order chi connectivity index (χ1) is 17.9. The van der Waals surface area contributed by atoms with Gasteiger partial charge in [0, 0.05) is 23.0 Å². The number of benzene rings is 3. The fourth-order valence-electron chi connectivity index (χ4n) is 4.80.